The molecule has 0 heterocycles. The number of fused-ring (bicyclic) bond motifs is 1. The van der Waals surface area contributed by atoms with E-state index in [-0.39, 0.29) is 5.39 Å². The number of ether oxygens (including phenoxy) is 1. The lowest BCUT2D eigenvalue weighted by Crippen LogP contribution is -2.50. The highest BCUT2D eigenvalue weighted by molar-refractivity contribution is 5.84. The van der Waals surface area contributed by atoms with Crippen LogP contribution in [0.15, 0.2) is 36.4 Å². The number of halogens is 7. The molecule has 22 heavy (non-hydrogen) atoms. The fraction of sp³-hybridized carbons (Fsp3) is 0.286. The van der Waals surface area contributed by atoms with Crippen molar-refractivity contribution in [1.82, 2.24) is 0 Å². The Morgan fingerprint density at radius 2 is 1.23 bits per heavy atom. The number of benzene rings is 2. The van der Waals surface area contributed by atoms with Crippen molar-refractivity contribution in [3.8, 4) is 5.75 Å². The third-order valence-electron chi connectivity index (χ3n) is 3.23. The summed E-state index contributed by atoms with van der Waals surface area (Å²) in [5, 5.41) is 0.364. The van der Waals surface area contributed by atoms with Crippen LogP contribution in [0.2, 0.25) is 0 Å². The van der Waals surface area contributed by atoms with Gasteiger partial charge in [-0.15, -0.1) is 0 Å². The molecule has 2 aromatic carbocycles. The monoisotopic (exact) mass is 326 g/mol. The van der Waals surface area contributed by atoms with Crippen molar-refractivity contribution in [3.63, 3.8) is 0 Å². The number of methoxy groups -OCH3 is 1. The molecule has 0 fully saturated rings. The zero-order valence-electron chi connectivity index (χ0n) is 11.0. The molecule has 0 saturated heterocycles. The largest absolute Gasteiger partial charge is 0.497 e. The fourth-order valence-electron chi connectivity index (χ4n) is 2.05. The normalized spacial score (nSPS) is 13.5. The molecule has 0 unspecified atom stereocenters. The lowest BCUT2D eigenvalue weighted by molar-refractivity contribution is -0.348. The van der Waals surface area contributed by atoms with Gasteiger partial charge in [-0.1, -0.05) is 18.2 Å². The predicted molar refractivity (Wildman–Crippen MR) is 65.4 cm³/mol. The molecule has 0 N–H and O–H groups in total. The highest BCUT2D eigenvalue weighted by atomic mass is 19.4. The Morgan fingerprint density at radius 3 is 1.73 bits per heavy atom. The molecule has 120 valence electrons. The minimum Gasteiger partial charge on any atom is -0.497 e. The molecule has 0 aliphatic carbocycles. The van der Waals surface area contributed by atoms with Crippen molar-refractivity contribution >= 4 is 10.8 Å². The molecule has 0 aliphatic heterocycles. The van der Waals surface area contributed by atoms with Gasteiger partial charge in [-0.05, 0) is 29.0 Å². The van der Waals surface area contributed by atoms with Crippen molar-refractivity contribution in [2.24, 2.45) is 0 Å². The van der Waals surface area contributed by atoms with Crippen LogP contribution in [0.5, 0.6) is 5.75 Å². The summed E-state index contributed by atoms with van der Waals surface area (Å²) in [6, 6.07) is 6.02. The van der Waals surface area contributed by atoms with Gasteiger partial charge < -0.3 is 4.74 Å². The van der Waals surface area contributed by atoms with Crippen LogP contribution >= 0.6 is 0 Å². The van der Waals surface area contributed by atoms with E-state index in [1.54, 1.807) is 0 Å². The van der Waals surface area contributed by atoms with Gasteiger partial charge in [-0.3, -0.25) is 0 Å². The molecule has 0 aliphatic rings. The Bertz CT molecular complexity index is 674. The second kappa shape index (κ2) is 5.03. The first-order valence-corrected chi connectivity index (χ1v) is 5.91. The van der Waals surface area contributed by atoms with E-state index >= 15 is 0 Å². The van der Waals surface area contributed by atoms with Gasteiger partial charge >= 0.3 is 18.0 Å². The van der Waals surface area contributed by atoms with Gasteiger partial charge in [0.2, 0.25) is 0 Å². The third kappa shape index (κ3) is 2.46. The van der Waals surface area contributed by atoms with Crippen LogP contribution in [-0.4, -0.2) is 19.5 Å². The Hall–Kier alpha value is -1.99. The van der Waals surface area contributed by atoms with Crippen LogP contribution in [0.1, 0.15) is 5.56 Å². The molecule has 8 heteroatoms. The first kappa shape index (κ1) is 16.4. The maximum absolute atomic E-state index is 13.9. The molecule has 2 rings (SSSR count). The minimum atomic E-state index is -6.12. The lowest BCUT2D eigenvalue weighted by atomic mass is 9.92. The van der Waals surface area contributed by atoms with Crippen molar-refractivity contribution < 1.29 is 35.5 Å². The maximum Gasteiger partial charge on any atom is 0.435 e. The smallest absolute Gasteiger partial charge is 0.435 e. The summed E-state index contributed by atoms with van der Waals surface area (Å²) in [4.78, 5) is 0. The molecule has 0 aromatic heterocycles. The quantitative estimate of drug-likeness (QED) is 0.695. The molecule has 0 saturated carbocycles. The third-order valence-corrected chi connectivity index (χ3v) is 3.23. The van der Waals surface area contributed by atoms with Crippen LogP contribution < -0.4 is 4.74 Å². The van der Waals surface area contributed by atoms with Gasteiger partial charge in [0.05, 0.1) is 7.11 Å². The molecular weight excluding hydrogens is 317 g/mol. The molecule has 0 atom stereocenters. The standard InChI is InChI=1S/C14H9F7O/c1-22-11-5-3-8-6-10(4-2-9(8)7-11)12(15,13(16,17)18)14(19,20)21/h2-7H,1H3. The average Bonchev–Trinajstić information content (AvgIpc) is 2.42. The van der Waals surface area contributed by atoms with Crippen molar-refractivity contribution in [2.45, 2.75) is 18.0 Å². The predicted octanol–water partition coefficient (Wildman–Crippen LogP) is 5.14. The van der Waals surface area contributed by atoms with Crippen LogP contribution in [0.4, 0.5) is 30.7 Å². The SMILES string of the molecule is COc1ccc2cc(C(F)(C(F)(F)F)C(F)(F)F)ccc2c1. The molecule has 0 spiro atoms. The summed E-state index contributed by atoms with van der Waals surface area (Å²) >= 11 is 0. The number of hydrogen-bond acceptors (Lipinski definition) is 1. The van der Waals surface area contributed by atoms with Crippen LogP contribution in [-0.2, 0) is 5.67 Å². The number of rotatable bonds is 2. The number of alkyl halides is 7. The van der Waals surface area contributed by atoms with E-state index in [0.29, 0.717) is 23.3 Å². The second-order valence-corrected chi connectivity index (χ2v) is 4.58. The van der Waals surface area contributed by atoms with Gasteiger partial charge in [-0.25, -0.2) is 4.39 Å². The Morgan fingerprint density at radius 1 is 0.727 bits per heavy atom. The van der Waals surface area contributed by atoms with Crippen molar-refractivity contribution in [1.29, 1.82) is 0 Å². The van der Waals surface area contributed by atoms with Crippen LogP contribution in [0, 0.1) is 0 Å². The average molecular weight is 326 g/mol. The van der Waals surface area contributed by atoms with E-state index in [2.05, 4.69) is 0 Å². The van der Waals surface area contributed by atoms with Crippen molar-refractivity contribution in [2.75, 3.05) is 7.11 Å². The summed E-state index contributed by atoms with van der Waals surface area (Å²) in [5.41, 5.74) is -6.93. The minimum absolute atomic E-state index is 0.0359. The van der Waals surface area contributed by atoms with E-state index in [1.165, 1.54) is 25.3 Å². The summed E-state index contributed by atoms with van der Waals surface area (Å²) in [5.74, 6) is 0.374. The zero-order valence-corrected chi connectivity index (χ0v) is 11.0. The fourth-order valence-corrected chi connectivity index (χ4v) is 2.05. The summed E-state index contributed by atoms with van der Waals surface area (Å²) in [7, 11) is 1.36. The summed E-state index contributed by atoms with van der Waals surface area (Å²) in [6.07, 6.45) is -12.2. The molecule has 0 bridgehead atoms. The molecular formula is C14H9F7O. The highest BCUT2D eigenvalue weighted by Crippen LogP contribution is 2.53. The van der Waals surface area contributed by atoms with E-state index < -0.39 is 23.6 Å². The summed E-state index contributed by atoms with van der Waals surface area (Å²) in [6.45, 7) is 0. The molecule has 0 radical (unpaired) electrons. The van der Waals surface area contributed by atoms with E-state index in [9.17, 15) is 30.7 Å². The first-order valence-electron chi connectivity index (χ1n) is 5.91. The van der Waals surface area contributed by atoms with Crippen LogP contribution in [0.3, 0.4) is 0 Å². The second-order valence-electron chi connectivity index (χ2n) is 4.58. The highest BCUT2D eigenvalue weighted by Gasteiger charge is 2.73. The van der Waals surface area contributed by atoms with Crippen molar-refractivity contribution in [3.05, 3.63) is 42.0 Å². The number of hydrogen-bond donors (Lipinski definition) is 0. The Balaban J connectivity index is 2.66. The van der Waals surface area contributed by atoms with Crippen LogP contribution in [0.25, 0.3) is 10.8 Å². The first-order chi connectivity index (χ1) is 10.0. The Labute approximate surface area is 120 Å². The zero-order chi connectivity index (χ0) is 16.8. The lowest BCUT2D eigenvalue weighted by Gasteiger charge is -2.30. The van der Waals surface area contributed by atoms with Gasteiger partial charge in [0.15, 0.2) is 0 Å². The molecule has 1 nitrogen and oxygen atoms in total. The van der Waals surface area contributed by atoms with Gasteiger partial charge in [-0.2, -0.15) is 26.3 Å². The topological polar surface area (TPSA) is 9.23 Å². The maximum atomic E-state index is 13.9. The van der Waals surface area contributed by atoms with Gasteiger partial charge in [0, 0.05) is 5.56 Å². The summed E-state index contributed by atoms with van der Waals surface area (Å²) < 4.78 is 95.0. The molecule has 2 aromatic rings. The van der Waals surface area contributed by atoms with Gasteiger partial charge in [0.25, 0.3) is 0 Å². The molecule has 0 amide bonds. The van der Waals surface area contributed by atoms with E-state index in [1.807, 2.05) is 0 Å². The van der Waals surface area contributed by atoms with Gasteiger partial charge in [0.1, 0.15) is 5.75 Å². The Kier molecular flexibility index (Phi) is 3.75. The van der Waals surface area contributed by atoms with E-state index in [4.69, 9.17) is 4.74 Å². The van der Waals surface area contributed by atoms with E-state index in [0.717, 1.165) is 6.07 Å².